The first kappa shape index (κ1) is 11.8. The summed E-state index contributed by atoms with van der Waals surface area (Å²) < 4.78 is 9.86. The molecule has 6 nitrogen and oxygen atoms in total. The van der Waals surface area contributed by atoms with Crippen LogP contribution in [0.3, 0.4) is 0 Å². The first-order valence-electron chi connectivity index (χ1n) is 5.03. The molecule has 0 bridgehead atoms. The van der Waals surface area contributed by atoms with Gasteiger partial charge in [-0.25, -0.2) is 14.2 Å². The summed E-state index contributed by atoms with van der Waals surface area (Å²) in [6, 6.07) is 8.16. The van der Waals surface area contributed by atoms with E-state index >= 15 is 0 Å². The molecule has 2 rings (SSSR count). The Hall–Kier alpha value is -2.63. The first-order valence-corrected chi connectivity index (χ1v) is 5.03. The van der Waals surface area contributed by atoms with Gasteiger partial charge in [0.25, 0.3) is 5.56 Å². The third-order valence-corrected chi connectivity index (χ3v) is 2.31. The standard InChI is InChI=1S/C12H9NO5/c1-17-11(15)9-7-18-12(16)13(10(9)14)8-5-3-2-4-6-8/h2-7H,1H3. The molecule has 0 fully saturated rings. The molecule has 1 heterocycles. The van der Waals surface area contributed by atoms with E-state index in [0.717, 1.165) is 17.9 Å². The van der Waals surface area contributed by atoms with E-state index < -0.39 is 17.3 Å². The normalized spacial score (nSPS) is 10.1. The Labute approximate surface area is 101 Å². The quantitative estimate of drug-likeness (QED) is 0.725. The van der Waals surface area contributed by atoms with E-state index in [0.29, 0.717) is 5.69 Å². The van der Waals surface area contributed by atoms with Gasteiger partial charge in [-0.05, 0) is 12.1 Å². The van der Waals surface area contributed by atoms with E-state index in [1.165, 1.54) is 0 Å². The smallest absolute Gasteiger partial charge is 0.426 e. The molecule has 6 heteroatoms. The van der Waals surface area contributed by atoms with Crippen molar-refractivity contribution in [2.45, 2.75) is 0 Å². The van der Waals surface area contributed by atoms with Crippen LogP contribution in [0.5, 0.6) is 0 Å². The average Bonchev–Trinajstić information content (AvgIpc) is 2.39. The molecular formula is C12H9NO5. The van der Waals surface area contributed by atoms with Gasteiger partial charge in [-0.3, -0.25) is 4.79 Å². The number of ether oxygens (including phenoxy) is 1. The summed E-state index contributed by atoms with van der Waals surface area (Å²) in [5.74, 6) is -1.72. The van der Waals surface area contributed by atoms with E-state index in [-0.39, 0.29) is 5.56 Å². The highest BCUT2D eigenvalue weighted by Crippen LogP contribution is 2.02. The zero-order valence-corrected chi connectivity index (χ0v) is 9.45. The Kier molecular flexibility index (Phi) is 3.09. The van der Waals surface area contributed by atoms with Gasteiger partial charge in [0.2, 0.25) is 0 Å². The summed E-state index contributed by atoms with van der Waals surface area (Å²) in [5.41, 5.74) is -0.785. The highest BCUT2D eigenvalue weighted by Gasteiger charge is 2.17. The van der Waals surface area contributed by atoms with Gasteiger partial charge in [-0.15, -0.1) is 0 Å². The van der Waals surface area contributed by atoms with Gasteiger partial charge in [0.15, 0.2) is 5.56 Å². The number of aromatic nitrogens is 1. The summed E-state index contributed by atoms with van der Waals surface area (Å²) >= 11 is 0. The van der Waals surface area contributed by atoms with Gasteiger partial charge < -0.3 is 9.15 Å². The lowest BCUT2D eigenvalue weighted by Gasteiger charge is -2.04. The van der Waals surface area contributed by atoms with Gasteiger partial charge in [-0.1, -0.05) is 18.2 Å². The molecule has 0 saturated carbocycles. The molecule has 0 amide bonds. The number of methoxy groups -OCH3 is 1. The van der Waals surface area contributed by atoms with Crippen LogP contribution in [0.25, 0.3) is 5.69 Å². The fraction of sp³-hybridized carbons (Fsp3) is 0.0833. The number of carbonyl (C=O) groups is 1. The van der Waals surface area contributed by atoms with Crippen LogP contribution in [0.2, 0.25) is 0 Å². The van der Waals surface area contributed by atoms with Crippen LogP contribution in [0.15, 0.2) is 50.6 Å². The molecule has 0 aliphatic rings. The molecule has 0 atom stereocenters. The minimum absolute atomic E-state index is 0.321. The van der Waals surface area contributed by atoms with Crippen LogP contribution >= 0.6 is 0 Å². The first-order chi connectivity index (χ1) is 8.65. The van der Waals surface area contributed by atoms with E-state index in [2.05, 4.69) is 9.15 Å². The molecule has 0 radical (unpaired) electrons. The number of para-hydroxylation sites is 1. The SMILES string of the molecule is COC(=O)c1coc(=O)n(-c2ccccc2)c1=O. The Morgan fingerprint density at radius 1 is 1.22 bits per heavy atom. The largest absolute Gasteiger partial charge is 0.465 e. The van der Waals surface area contributed by atoms with E-state index in [9.17, 15) is 14.4 Å². The molecule has 0 aliphatic carbocycles. The summed E-state index contributed by atoms with van der Waals surface area (Å²) in [5, 5.41) is 0. The molecule has 1 aromatic heterocycles. The predicted octanol–water partition coefficient (Wildman–Crippen LogP) is 0.577. The summed E-state index contributed by atoms with van der Waals surface area (Å²) in [6.45, 7) is 0. The number of benzene rings is 1. The van der Waals surface area contributed by atoms with Crippen LogP contribution in [-0.4, -0.2) is 17.6 Å². The molecule has 18 heavy (non-hydrogen) atoms. The lowest BCUT2D eigenvalue weighted by Crippen LogP contribution is -2.34. The van der Waals surface area contributed by atoms with Crippen molar-refractivity contribution in [1.82, 2.24) is 4.57 Å². The minimum Gasteiger partial charge on any atom is -0.465 e. The zero-order valence-electron chi connectivity index (χ0n) is 9.45. The van der Waals surface area contributed by atoms with E-state index in [4.69, 9.17) is 0 Å². The van der Waals surface area contributed by atoms with Crippen molar-refractivity contribution in [2.24, 2.45) is 0 Å². The number of hydrogen-bond acceptors (Lipinski definition) is 5. The second kappa shape index (κ2) is 4.70. The fourth-order valence-electron chi connectivity index (χ4n) is 1.46. The zero-order chi connectivity index (χ0) is 13.1. The number of esters is 1. The maximum absolute atomic E-state index is 12.0. The molecule has 0 spiro atoms. The maximum Gasteiger partial charge on any atom is 0.426 e. The second-order valence-electron chi connectivity index (χ2n) is 3.38. The topological polar surface area (TPSA) is 78.5 Å². The highest BCUT2D eigenvalue weighted by molar-refractivity contribution is 5.88. The monoisotopic (exact) mass is 247 g/mol. The molecular weight excluding hydrogens is 238 g/mol. The third-order valence-electron chi connectivity index (χ3n) is 2.31. The summed E-state index contributed by atoms with van der Waals surface area (Å²) in [4.78, 5) is 34.9. The van der Waals surface area contributed by atoms with Gasteiger partial charge in [0.1, 0.15) is 6.26 Å². The third kappa shape index (κ3) is 1.95. The minimum atomic E-state index is -0.862. The Morgan fingerprint density at radius 2 is 1.89 bits per heavy atom. The predicted molar refractivity (Wildman–Crippen MR) is 61.9 cm³/mol. The van der Waals surface area contributed by atoms with Crippen molar-refractivity contribution in [3.63, 3.8) is 0 Å². The fourth-order valence-corrected chi connectivity index (χ4v) is 1.46. The number of nitrogens with zero attached hydrogens (tertiary/aromatic N) is 1. The van der Waals surface area contributed by atoms with Crippen LogP contribution in [0.4, 0.5) is 0 Å². The van der Waals surface area contributed by atoms with Gasteiger partial charge in [0, 0.05) is 0 Å². The van der Waals surface area contributed by atoms with Crippen molar-refractivity contribution in [2.75, 3.05) is 7.11 Å². The average molecular weight is 247 g/mol. The van der Waals surface area contributed by atoms with Crippen molar-refractivity contribution in [1.29, 1.82) is 0 Å². The van der Waals surface area contributed by atoms with Gasteiger partial charge >= 0.3 is 11.7 Å². The molecule has 0 saturated heterocycles. The number of carbonyl (C=O) groups excluding carboxylic acids is 1. The number of hydrogen-bond donors (Lipinski definition) is 0. The number of rotatable bonds is 2. The molecule has 0 aliphatic heterocycles. The molecule has 0 N–H and O–H groups in total. The maximum atomic E-state index is 12.0. The van der Waals surface area contributed by atoms with Gasteiger partial charge in [-0.2, -0.15) is 0 Å². The van der Waals surface area contributed by atoms with Crippen LogP contribution in [0.1, 0.15) is 10.4 Å². The van der Waals surface area contributed by atoms with Gasteiger partial charge in [0.05, 0.1) is 12.8 Å². The Balaban J connectivity index is 2.73. The van der Waals surface area contributed by atoms with Crippen molar-refractivity contribution in [3.05, 3.63) is 63.1 Å². The van der Waals surface area contributed by atoms with Crippen molar-refractivity contribution >= 4 is 5.97 Å². The van der Waals surface area contributed by atoms with E-state index in [1.54, 1.807) is 30.3 Å². The Morgan fingerprint density at radius 3 is 2.50 bits per heavy atom. The summed E-state index contributed by atoms with van der Waals surface area (Å²) in [7, 11) is 1.14. The molecule has 0 unspecified atom stereocenters. The second-order valence-corrected chi connectivity index (χ2v) is 3.38. The van der Waals surface area contributed by atoms with Crippen LogP contribution in [-0.2, 0) is 4.74 Å². The van der Waals surface area contributed by atoms with Crippen LogP contribution < -0.4 is 11.3 Å². The Bertz CT molecular complexity index is 684. The lowest BCUT2D eigenvalue weighted by molar-refractivity contribution is 0.0594. The van der Waals surface area contributed by atoms with Crippen molar-refractivity contribution < 1.29 is 13.9 Å². The lowest BCUT2D eigenvalue weighted by atomic mass is 10.3. The molecule has 2 aromatic rings. The van der Waals surface area contributed by atoms with Crippen LogP contribution in [0, 0.1) is 0 Å². The van der Waals surface area contributed by atoms with Crippen molar-refractivity contribution in [3.8, 4) is 5.69 Å². The molecule has 1 aromatic carbocycles. The summed E-state index contributed by atoms with van der Waals surface area (Å²) in [6.07, 6.45) is 0.802. The van der Waals surface area contributed by atoms with E-state index in [1.807, 2.05) is 0 Å². The molecule has 92 valence electrons. The highest BCUT2D eigenvalue weighted by atomic mass is 16.5.